The maximum atomic E-state index is 15.1. The molecular weight excluding hydrogens is 582 g/mol. The van der Waals surface area contributed by atoms with E-state index in [1.807, 2.05) is 0 Å². The number of pyridine rings is 1. The summed E-state index contributed by atoms with van der Waals surface area (Å²) >= 11 is 0. The number of nitrogens with two attached hydrogens (primary N) is 1. The molecule has 0 aliphatic heterocycles. The number of ether oxygens (including phenoxy) is 2. The minimum atomic E-state index is -4.02. The van der Waals surface area contributed by atoms with Gasteiger partial charge in [0.05, 0.1) is 22.7 Å². The highest BCUT2D eigenvalue weighted by Gasteiger charge is 2.24. The van der Waals surface area contributed by atoms with E-state index in [2.05, 4.69) is 25.0 Å². The monoisotopic (exact) mass is 610 g/mol. The van der Waals surface area contributed by atoms with Gasteiger partial charge in [-0.3, -0.25) is 4.72 Å². The molecule has 0 radical (unpaired) electrons. The summed E-state index contributed by atoms with van der Waals surface area (Å²) in [6.45, 7) is 0. The Morgan fingerprint density at radius 1 is 0.930 bits per heavy atom. The normalized spacial score (nSPS) is 16.7. The van der Waals surface area contributed by atoms with E-state index in [-0.39, 0.29) is 18.0 Å². The van der Waals surface area contributed by atoms with Crippen LogP contribution in [0, 0.1) is 11.6 Å². The van der Waals surface area contributed by atoms with Crippen molar-refractivity contribution in [3.8, 4) is 22.9 Å². The zero-order valence-corrected chi connectivity index (χ0v) is 23.6. The van der Waals surface area contributed by atoms with Crippen LogP contribution >= 0.6 is 0 Å². The number of anilines is 2. The largest absolute Gasteiger partial charge is 0.446 e. The van der Waals surface area contributed by atoms with E-state index >= 15 is 4.39 Å². The molecular formula is C29H28F2N6O5S. The van der Waals surface area contributed by atoms with Crippen molar-refractivity contribution in [1.82, 2.24) is 15.0 Å². The van der Waals surface area contributed by atoms with Gasteiger partial charge in [-0.05, 0) is 61.6 Å². The number of amides is 1. The molecule has 1 saturated carbocycles. The van der Waals surface area contributed by atoms with E-state index in [4.69, 9.17) is 15.2 Å². The lowest BCUT2D eigenvalue weighted by Crippen LogP contribution is -2.32. The van der Waals surface area contributed by atoms with Crippen LogP contribution in [0.25, 0.3) is 11.3 Å². The topological polar surface area (TPSA) is 158 Å². The Balaban J connectivity index is 1.29. The van der Waals surface area contributed by atoms with Gasteiger partial charge in [-0.1, -0.05) is 30.3 Å². The molecule has 43 heavy (non-hydrogen) atoms. The first-order chi connectivity index (χ1) is 20.7. The lowest BCUT2D eigenvalue weighted by atomic mass is 9.93. The molecule has 2 heterocycles. The van der Waals surface area contributed by atoms with Gasteiger partial charge in [0.2, 0.25) is 27.7 Å². The molecule has 1 fully saturated rings. The Morgan fingerprint density at radius 2 is 1.70 bits per heavy atom. The van der Waals surface area contributed by atoms with E-state index in [0.717, 1.165) is 25.0 Å². The van der Waals surface area contributed by atoms with E-state index < -0.39 is 44.9 Å². The molecule has 11 nitrogen and oxygen atoms in total. The van der Waals surface area contributed by atoms with E-state index in [1.165, 1.54) is 6.20 Å². The van der Waals surface area contributed by atoms with Gasteiger partial charge in [-0.2, -0.15) is 4.39 Å². The van der Waals surface area contributed by atoms with Crippen LogP contribution in [0.15, 0.2) is 73.1 Å². The lowest BCUT2D eigenvalue weighted by molar-refractivity contribution is 0.0805. The fraction of sp³-hybridized carbons (Fsp3) is 0.241. The Hall–Kier alpha value is -4.85. The number of hydrogen-bond donors (Lipinski definition) is 3. The summed E-state index contributed by atoms with van der Waals surface area (Å²) in [5.41, 5.74) is 5.85. The number of nitrogens with zero attached hydrogens (tertiary/aromatic N) is 3. The lowest BCUT2D eigenvalue weighted by Gasteiger charge is -2.28. The third-order valence-electron chi connectivity index (χ3n) is 6.71. The summed E-state index contributed by atoms with van der Waals surface area (Å²) in [5, 5.41) is 3.27. The van der Waals surface area contributed by atoms with E-state index in [0.29, 0.717) is 35.6 Å². The third kappa shape index (κ3) is 7.71. The first kappa shape index (κ1) is 29.6. The molecule has 0 spiro atoms. The zero-order valence-electron chi connectivity index (χ0n) is 22.7. The first-order valence-electron chi connectivity index (χ1n) is 13.4. The van der Waals surface area contributed by atoms with E-state index in [9.17, 15) is 17.6 Å². The number of nitrogens with one attached hydrogen (secondary N) is 2. The second-order valence-electron chi connectivity index (χ2n) is 9.86. The molecule has 4 aromatic rings. The van der Waals surface area contributed by atoms with Crippen LogP contribution in [0.5, 0.6) is 11.6 Å². The summed E-state index contributed by atoms with van der Waals surface area (Å²) in [5.74, 6) is -3.42. The van der Waals surface area contributed by atoms with Crippen LogP contribution in [0.2, 0.25) is 0 Å². The SMILES string of the molecule is NC(=O)O[C@H]1CC[C@H](Nc2nccc(-c3cccnc3Oc3ccc(NS(=O)(=O)Cc4ccccc4)c(F)c3F)n2)CC1. The van der Waals surface area contributed by atoms with Gasteiger partial charge >= 0.3 is 6.09 Å². The first-order valence-corrected chi connectivity index (χ1v) is 15.0. The number of hydrogen-bond acceptors (Lipinski definition) is 9. The molecule has 0 bridgehead atoms. The molecule has 2 aromatic heterocycles. The summed E-state index contributed by atoms with van der Waals surface area (Å²) in [4.78, 5) is 24.0. The Morgan fingerprint density at radius 3 is 2.44 bits per heavy atom. The molecule has 5 rings (SSSR count). The third-order valence-corrected chi connectivity index (χ3v) is 7.96. The molecule has 0 saturated heterocycles. The molecule has 0 unspecified atom stereocenters. The van der Waals surface area contributed by atoms with Crippen molar-refractivity contribution in [2.75, 3.05) is 10.0 Å². The highest BCUT2D eigenvalue weighted by atomic mass is 32.2. The van der Waals surface area contributed by atoms with Crippen molar-refractivity contribution in [2.45, 2.75) is 43.6 Å². The van der Waals surface area contributed by atoms with Gasteiger partial charge in [0, 0.05) is 18.4 Å². The van der Waals surface area contributed by atoms with Crippen molar-refractivity contribution >= 4 is 27.8 Å². The molecule has 14 heteroatoms. The van der Waals surface area contributed by atoms with Gasteiger partial charge in [0.1, 0.15) is 6.10 Å². The minimum Gasteiger partial charge on any atom is -0.446 e. The summed E-state index contributed by atoms with van der Waals surface area (Å²) < 4.78 is 67.9. The van der Waals surface area contributed by atoms with Crippen molar-refractivity contribution in [3.05, 3.63) is 90.3 Å². The van der Waals surface area contributed by atoms with Crippen LogP contribution in [-0.4, -0.2) is 41.6 Å². The van der Waals surface area contributed by atoms with Crippen LogP contribution in [0.4, 0.5) is 25.2 Å². The van der Waals surface area contributed by atoms with Gasteiger partial charge in [0.25, 0.3) is 0 Å². The highest BCUT2D eigenvalue weighted by Crippen LogP contribution is 2.34. The quantitative estimate of drug-likeness (QED) is 0.215. The van der Waals surface area contributed by atoms with E-state index in [1.54, 1.807) is 54.7 Å². The number of primary amides is 1. The van der Waals surface area contributed by atoms with Gasteiger partial charge in [0.15, 0.2) is 11.6 Å². The summed E-state index contributed by atoms with van der Waals surface area (Å²) in [6.07, 6.45) is 4.69. The van der Waals surface area contributed by atoms with Gasteiger partial charge < -0.3 is 20.5 Å². The van der Waals surface area contributed by atoms with Crippen molar-refractivity contribution < 1.29 is 31.5 Å². The molecule has 1 amide bonds. The fourth-order valence-electron chi connectivity index (χ4n) is 4.71. The maximum absolute atomic E-state index is 15.1. The number of carbonyl (C=O) groups is 1. The number of benzene rings is 2. The number of carbonyl (C=O) groups excluding carboxylic acids is 1. The molecule has 224 valence electrons. The Bertz CT molecular complexity index is 1700. The van der Waals surface area contributed by atoms with Crippen LogP contribution in [0.1, 0.15) is 31.2 Å². The predicted molar refractivity (Wildman–Crippen MR) is 155 cm³/mol. The highest BCUT2D eigenvalue weighted by molar-refractivity contribution is 7.91. The number of rotatable bonds is 10. The second-order valence-corrected chi connectivity index (χ2v) is 11.6. The Labute approximate surface area is 246 Å². The standard InChI is InChI=1S/C29H28F2N6O5S/c30-25-23(37-43(39,40)17-18-5-2-1-3-6-18)12-13-24(26(25)31)42-27-21(7-4-15-33-27)22-14-16-34-29(36-22)35-19-8-10-20(11-9-19)41-28(32)38/h1-7,12-16,19-20,37H,8-11,17H2,(H2,32,38)(H,34,35,36)/t19-,20-. The number of halogens is 2. The molecule has 1 aliphatic carbocycles. The number of aromatic nitrogens is 3. The average Bonchev–Trinajstić information content (AvgIpc) is 2.98. The van der Waals surface area contributed by atoms with Gasteiger partial charge in [-0.15, -0.1) is 0 Å². The summed E-state index contributed by atoms with van der Waals surface area (Å²) in [6, 6.07) is 15.5. The van der Waals surface area contributed by atoms with Gasteiger partial charge in [-0.25, -0.2) is 32.6 Å². The molecule has 1 aliphatic rings. The van der Waals surface area contributed by atoms with Crippen molar-refractivity contribution in [1.29, 1.82) is 0 Å². The smallest absolute Gasteiger partial charge is 0.404 e. The van der Waals surface area contributed by atoms with Crippen LogP contribution in [0.3, 0.4) is 0 Å². The average molecular weight is 611 g/mol. The van der Waals surface area contributed by atoms with Crippen molar-refractivity contribution in [3.63, 3.8) is 0 Å². The van der Waals surface area contributed by atoms with Crippen molar-refractivity contribution in [2.24, 2.45) is 5.73 Å². The minimum absolute atomic E-state index is 0.0491. The Kier molecular flexibility index (Phi) is 8.95. The zero-order chi connectivity index (χ0) is 30.4. The maximum Gasteiger partial charge on any atom is 0.404 e. The molecule has 4 N–H and O–H groups in total. The fourth-order valence-corrected chi connectivity index (χ4v) is 5.90. The second kappa shape index (κ2) is 13.0. The van der Waals surface area contributed by atoms with Crippen LogP contribution in [-0.2, 0) is 20.5 Å². The number of sulfonamides is 1. The summed E-state index contributed by atoms with van der Waals surface area (Å²) in [7, 11) is -4.02. The molecule has 0 atom stereocenters. The molecule has 2 aromatic carbocycles. The predicted octanol–water partition coefficient (Wildman–Crippen LogP) is 5.37. The van der Waals surface area contributed by atoms with Crippen LogP contribution < -0.4 is 20.5 Å².